The minimum absolute atomic E-state index is 0.265. The average molecular weight is 390 g/mol. The van der Waals surface area contributed by atoms with Crippen LogP contribution in [0, 0.1) is 0 Å². The summed E-state index contributed by atoms with van der Waals surface area (Å²) in [6, 6.07) is 18.9. The van der Waals surface area contributed by atoms with Gasteiger partial charge in [-0.2, -0.15) is 23.5 Å². The van der Waals surface area contributed by atoms with Gasteiger partial charge in [0.05, 0.1) is 1.37 Å². The Morgan fingerprint density at radius 1 is 0.962 bits per heavy atom. The van der Waals surface area contributed by atoms with Crippen molar-refractivity contribution < 1.29 is 11.3 Å². The molecule has 2 aromatic carbocycles. The third kappa shape index (κ3) is 9.35. The van der Waals surface area contributed by atoms with E-state index in [4.69, 9.17) is 6.48 Å². The Morgan fingerprint density at radius 2 is 1.69 bits per heavy atom. The van der Waals surface area contributed by atoms with Gasteiger partial charge in [0.2, 0.25) is 0 Å². The third-order valence-corrected chi connectivity index (χ3v) is 6.62. The van der Waals surface area contributed by atoms with Crippen LogP contribution < -0.4 is 0 Å². The Bertz CT molecular complexity index is 679. The predicted octanol–water partition coefficient (Wildman–Crippen LogP) is 6.26. The molecule has 0 aromatic heterocycles. The van der Waals surface area contributed by atoms with Crippen molar-refractivity contribution in [2.45, 2.75) is 48.9 Å². The molecule has 1 unspecified atom stereocenters. The molecule has 2 aromatic rings. The lowest BCUT2D eigenvalue weighted by molar-refractivity contribution is -0.137. The van der Waals surface area contributed by atoms with E-state index < -0.39 is 5.97 Å². The van der Waals surface area contributed by atoms with Crippen LogP contribution in [0.2, 0.25) is 0 Å². The summed E-state index contributed by atoms with van der Waals surface area (Å²) in [5.74, 6) is 2.37. The quantitative estimate of drug-likeness (QED) is 0.410. The molecule has 0 aliphatic carbocycles. The van der Waals surface area contributed by atoms with Gasteiger partial charge in [-0.3, -0.25) is 4.79 Å². The maximum atomic E-state index is 10.7. The summed E-state index contributed by atoms with van der Waals surface area (Å²) in [7, 11) is 0. The van der Waals surface area contributed by atoms with Gasteiger partial charge in [0.1, 0.15) is 0 Å². The summed E-state index contributed by atoms with van der Waals surface area (Å²) in [5.41, 5.74) is 2.56. The van der Waals surface area contributed by atoms with Crippen molar-refractivity contribution in [3.63, 3.8) is 0 Å². The molecule has 0 fully saturated rings. The molecule has 1 atom stereocenters. The zero-order valence-electron chi connectivity index (χ0n) is 16.1. The van der Waals surface area contributed by atoms with Gasteiger partial charge < -0.3 is 5.11 Å². The molecular weight excluding hydrogens is 360 g/mol. The van der Waals surface area contributed by atoms with Crippen molar-refractivity contribution >= 4 is 29.5 Å². The van der Waals surface area contributed by atoms with Crippen LogP contribution in [0.5, 0.6) is 0 Å². The zero-order chi connectivity index (χ0) is 19.3. The van der Waals surface area contributed by atoms with Gasteiger partial charge in [0.15, 0.2) is 0 Å². The number of carboxylic acids is 1. The second kappa shape index (κ2) is 12.9. The highest BCUT2D eigenvalue weighted by molar-refractivity contribution is 7.99. The molecule has 26 heavy (non-hydrogen) atoms. The average Bonchev–Trinajstić information content (AvgIpc) is 2.66. The van der Waals surface area contributed by atoms with Crippen molar-refractivity contribution in [1.82, 2.24) is 0 Å². The van der Waals surface area contributed by atoms with Crippen LogP contribution in [-0.2, 0) is 16.3 Å². The van der Waals surface area contributed by atoms with Crippen LogP contribution in [0.3, 0.4) is 0 Å². The summed E-state index contributed by atoms with van der Waals surface area (Å²) in [5, 5.41) is 9.35. The van der Waals surface area contributed by atoms with E-state index >= 15 is 0 Å². The topological polar surface area (TPSA) is 37.3 Å². The van der Waals surface area contributed by atoms with E-state index in [0.29, 0.717) is 11.3 Å². The van der Waals surface area contributed by atoms with Crippen LogP contribution in [0.25, 0.3) is 0 Å². The first-order valence-electron chi connectivity index (χ1n) is 9.64. The summed E-state index contributed by atoms with van der Waals surface area (Å²) in [4.78, 5) is 10.7. The van der Waals surface area contributed by atoms with Gasteiger partial charge in [-0.1, -0.05) is 67.1 Å². The van der Waals surface area contributed by atoms with Crippen molar-refractivity contribution in [3.8, 4) is 0 Å². The minimum atomic E-state index is -0.704. The number of hydrogen-bond acceptors (Lipinski definition) is 3. The monoisotopic (exact) mass is 389 g/mol. The van der Waals surface area contributed by atoms with Gasteiger partial charge in [-0.15, -0.1) is 0 Å². The molecule has 4 heteroatoms. The number of benzene rings is 2. The van der Waals surface area contributed by atoms with Gasteiger partial charge >= 0.3 is 5.97 Å². The Balaban J connectivity index is 1.76. The molecule has 140 valence electrons. The van der Waals surface area contributed by atoms with Crippen molar-refractivity contribution in [3.05, 3.63) is 71.8 Å². The van der Waals surface area contributed by atoms with E-state index in [1.807, 2.05) is 41.7 Å². The molecule has 2 nitrogen and oxygen atoms in total. The number of unbranched alkanes of at least 4 members (excludes halogenated alkanes) is 1. The number of hydrogen-bond donors (Lipinski definition) is 1. The first kappa shape index (κ1) is 19.4. The van der Waals surface area contributed by atoms with E-state index in [2.05, 4.69) is 30.3 Å². The van der Waals surface area contributed by atoms with Gasteiger partial charge in [0.25, 0.3) is 0 Å². The lowest BCUT2D eigenvalue weighted by atomic mass is 10.1. The highest BCUT2D eigenvalue weighted by Crippen LogP contribution is 2.27. The van der Waals surface area contributed by atoms with Gasteiger partial charge in [0, 0.05) is 23.2 Å². The van der Waals surface area contributed by atoms with E-state index in [-0.39, 0.29) is 6.42 Å². The van der Waals surface area contributed by atoms with E-state index in [1.165, 1.54) is 11.1 Å². The van der Waals surface area contributed by atoms with E-state index in [1.54, 1.807) is 6.07 Å². The second-order valence-electron chi connectivity index (χ2n) is 6.31. The number of carboxylic acid groups (broad SMARTS) is 1. The van der Waals surface area contributed by atoms with Gasteiger partial charge in [-0.25, -0.2) is 0 Å². The molecule has 0 aliphatic heterocycles. The zero-order valence-corrected chi connectivity index (χ0v) is 16.7. The van der Waals surface area contributed by atoms with Crippen LogP contribution in [0.15, 0.2) is 60.6 Å². The summed E-state index contributed by atoms with van der Waals surface area (Å²) in [6.45, 7) is 0. The second-order valence-corrected chi connectivity index (χ2v) is 8.70. The molecule has 0 saturated heterocycles. The maximum Gasteiger partial charge on any atom is 0.303 e. The number of aliphatic carboxylic acids is 1. The van der Waals surface area contributed by atoms with Crippen LogP contribution in [-0.4, -0.2) is 22.1 Å². The molecular formula is C22H28O2S2. The molecule has 1 N–H and O–H groups in total. The summed E-state index contributed by atoms with van der Waals surface area (Å²) in [6.07, 6.45) is 4.18. The van der Waals surface area contributed by atoms with Crippen molar-refractivity contribution in [2.75, 3.05) is 5.75 Å². The Hall–Kier alpha value is -1.39. The highest BCUT2D eigenvalue weighted by atomic mass is 32.2. The van der Waals surface area contributed by atoms with Crippen molar-refractivity contribution in [2.24, 2.45) is 0 Å². The van der Waals surface area contributed by atoms with Crippen LogP contribution >= 0.6 is 23.5 Å². The molecule has 0 saturated carbocycles. The smallest absolute Gasteiger partial charge is 0.303 e. The first-order chi connectivity index (χ1) is 13.1. The lowest BCUT2D eigenvalue weighted by Gasteiger charge is -2.16. The maximum absolute atomic E-state index is 10.7. The SMILES string of the molecule is [2H]c1cccc(CSC(CCCCC(=O)O)CCSCc2ccccc2)c1. The largest absolute Gasteiger partial charge is 0.481 e. The molecule has 0 heterocycles. The van der Waals surface area contributed by atoms with Gasteiger partial charge in [-0.05, 0) is 36.1 Å². The van der Waals surface area contributed by atoms with Crippen molar-refractivity contribution in [1.29, 1.82) is 0 Å². The van der Waals surface area contributed by atoms with Crippen LogP contribution in [0.4, 0.5) is 0 Å². The molecule has 0 spiro atoms. The standard InChI is InChI=1S/C22H28O2S2/c23-22(24)14-8-7-13-21(26-18-20-11-5-2-6-12-20)15-16-25-17-19-9-3-1-4-10-19/h1-6,9-12,21H,7-8,13-18H2,(H,23,24)/i5D. The minimum Gasteiger partial charge on any atom is -0.481 e. The fourth-order valence-electron chi connectivity index (χ4n) is 2.67. The number of rotatable bonds is 13. The molecule has 0 aliphatic rings. The molecule has 2 rings (SSSR count). The molecule has 0 amide bonds. The predicted molar refractivity (Wildman–Crippen MR) is 115 cm³/mol. The summed E-state index contributed by atoms with van der Waals surface area (Å²) >= 11 is 3.91. The Morgan fingerprint density at radius 3 is 2.42 bits per heavy atom. The fraction of sp³-hybridized carbons (Fsp3) is 0.409. The van der Waals surface area contributed by atoms with E-state index in [9.17, 15) is 4.79 Å². The summed E-state index contributed by atoms with van der Waals surface area (Å²) < 4.78 is 7.75. The third-order valence-electron chi connectivity index (χ3n) is 4.12. The molecule has 0 radical (unpaired) electrons. The normalized spacial score (nSPS) is 12.5. The first-order valence-corrected chi connectivity index (χ1v) is 11.3. The Labute approximate surface area is 167 Å². The molecule has 0 bridgehead atoms. The fourth-order valence-corrected chi connectivity index (χ4v) is 5.07. The highest BCUT2D eigenvalue weighted by Gasteiger charge is 2.10. The van der Waals surface area contributed by atoms with E-state index in [0.717, 1.165) is 42.9 Å². The number of carbonyl (C=O) groups is 1. The Kier molecular flexibility index (Phi) is 9.60. The van der Waals surface area contributed by atoms with Crippen LogP contribution in [0.1, 0.15) is 44.6 Å². The number of thioether (sulfide) groups is 2. The lowest BCUT2D eigenvalue weighted by Crippen LogP contribution is -2.06.